The smallest absolute Gasteiger partial charge is 0.223 e. The van der Waals surface area contributed by atoms with E-state index >= 15 is 0 Å². The van der Waals surface area contributed by atoms with Crippen molar-refractivity contribution in [2.45, 2.75) is 19.8 Å². The van der Waals surface area contributed by atoms with Gasteiger partial charge in [0.1, 0.15) is 0 Å². The van der Waals surface area contributed by atoms with Gasteiger partial charge in [0.05, 0.1) is 0 Å². The Bertz CT molecular complexity index is 311. The second kappa shape index (κ2) is 6.13. The summed E-state index contributed by atoms with van der Waals surface area (Å²) in [6.07, 6.45) is 1.09. The molecule has 6 nitrogen and oxygen atoms in total. The summed E-state index contributed by atoms with van der Waals surface area (Å²) in [6.45, 7) is 2.97. The zero-order valence-corrected chi connectivity index (χ0v) is 9.04. The standard InChI is InChI=1S/C9H16N4O2/c1-7-12-8(13-15-7)3-6-11-9(14)4-5-10-2/h10H,3-6H2,1-2H3,(H,11,14). The Labute approximate surface area is 88.4 Å². The van der Waals surface area contributed by atoms with E-state index in [1.807, 2.05) is 7.05 Å². The van der Waals surface area contributed by atoms with Gasteiger partial charge < -0.3 is 15.2 Å². The number of rotatable bonds is 6. The maximum Gasteiger partial charge on any atom is 0.223 e. The summed E-state index contributed by atoms with van der Waals surface area (Å²) in [6, 6.07) is 0. The zero-order valence-electron chi connectivity index (χ0n) is 9.04. The van der Waals surface area contributed by atoms with Crippen molar-refractivity contribution in [2.24, 2.45) is 0 Å². The fourth-order valence-corrected chi connectivity index (χ4v) is 1.08. The average Bonchev–Trinajstić information content (AvgIpc) is 2.61. The summed E-state index contributed by atoms with van der Waals surface area (Å²) in [5.74, 6) is 1.21. The van der Waals surface area contributed by atoms with Crippen LogP contribution in [-0.4, -0.2) is 36.2 Å². The van der Waals surface area contributed by atoms with Crippen molar-refractivity contribution in [1.29, 1.82) is 0 Å². The van der Waals surface area contributed by atoms with E-state index < -0.39 is 0 Å². The Kier molecular flexibility index (Phi) is 4.76. The molecule has 1 aromatic rings. The van der Waals surface area contributed by atoms with Crippen molar-refractivity contribution in [2.75, 3.05) is 20.1 Å². The van der Waals surface area contributed by atoms with Crippen LogP contribution in [0.2, 0.25) is 0 Å². The first-order chi connectivity index (χ1) is 7.22. The first-order valence-electron chi connectivity index (χ1n) is 4.93. The summed E-state index contributed by atoms with van der Waals surface area (Å²) >= 11 is 0. The molecule has 0 bridgehead atoms. The SMILES string of the molecule is CNCCC(=O)NCCc1noc(C)n1. The Morgan fingerprint density at radius 1 is 1.47 bits per heavy atom. The lowest BCUT2D eigenvalue weighted by molar-refractivity contribution is -0.120. The lowest BCUT2D eigenvalue weighted by atomic mass is 10.3. The molecule has 0 saturated carbocycles. The molecule has 0 saturated heterocycles. The molecule has 0 fully saturated rings. The maximum atomic E-state index is 11.2. The number of nitrogens with one attached hydrogen (secondary N) is 2. The summed E-state index contributed by atoms with van der Waals surface area (Å²) < 4.78 is 4.80. The molecule has 6 heteroatoms. The second-order valence-electron chi connectivity index (χ2n) is 3.18. The minimum atomic E-state index is 0.0320. The van der Waals surface area contributed by atoms with Gasteiger partial charge in [0.15, 0.2) is 5.82 Å². The maximum absolute atomic E-state index is 11.2. The molecule has 15 heavy (non-hydrogen) atoms. The number of carbonyl (C=O) groups excluding carboxylic acids is 1. The van der Waals surface area contributed by atoms with Crippen molar-refractivity contribution >= 4 is 5.91 Å². The second-order valence-corrected chi connectivity index (χ2v) is 3.18. The number of nitrogens with zero attached hydrogens (tertiary/aromatic N) is 2. The van der Waals surface area contributed by atoms with Crippen LogP contribution in [0.3, 0.4) is 0 Å². The van der Waals surface area contributed by atoms with E-state index in [0.29, 0.717) is 37.6 Å². The Morgan fingerprint density at radius 2 is 2.27 bits per heavy atom. The Balaban J connectivity index is 2.13. The molecule has 1 aromatic heterocycles. The van der Waals surface area contributed by atoms with E-state index in [2.05, 4.69) is 20.8 Å². The van der Waals surface area contributed by atoms with Crippen LogP contribution in [0.25, 0.3) is 0 Å². The monoisotopic (exact) mass is 212 g/mol. The van der Waals surface area contributed by atoms with Gasteiger partial charge in [0.25, 0.3) is 0 Å². The van der Waals surface area contributed by atoms with Crippen LogP contribution in [0.15, 0.2) is 4.52 Å². The van der Waals surface area contributed by atoms with Gasteiger partial charge in [0.2, 0.25) is 11.8 Å². The van der Waals surface area contributed by atoms with Gasteiger partial charge in [0, 0.05) is 32.9 Å². The molecule has 2 N–H and O–H groups in total. The molecule has 0 aliphatic carbocycles. The highest BCUT2D eigenvalue weighted by molar-refractivity contribution is 5.75. The molecular formula is C9H16N4O2. The van der Waals surface area contributed by atoms with Crippen LogP contribution in [0, 0.1) is 6.92 Å². The largest absolute Gasteiger partial charge is 0.356 e. The number of carbonyl (C=O) groups is 1. The zero-order chi connectivity index (χ0) is 11.1. The molecule has 0 unspecified atom stereocenters. The molecule has 84 valence electrons. The highest BCUT2D eigenvalue weighted by atomic mass is 16.5. The number of amides is 1. The number of aryl methyl sites for hydroxylation is 1. The van der Waals surface area contributed by atoms with E-state index in [1.165, 1.54) is 0 Å². The van der Waals surface area contributed by atoms with Crippen molar-refractivity contribution < 1.29 is 9.32 Å². The van der Waals surface area contributed by atoms with Crippen LogP contribution < -0.4 is 10.6 Å². The minimum Gasteiger partial charge on any atom is -0.356 e. The molecule has 0 aliphatic heterocycles. The van der Waals surface area contributed by atoms with Crippen LogP contribution in [0.5, 0.6) is 0 Å². The summed E-state index contributed by atoms with van der Waals surface area (Å²) in [5.41, 5.74) is 0. The van der Waals surface area contributed by atoms with Gasteiger partial charge in [-0.25, -0.2) is 0 Å². The van der Waals surface area contributed by atoms with Crippen LogP contribution in [0.4, 0.5) is 0 Å². The Morgan fingerprint density at radius 3 is 2.87 bits per heavy atom. The molecule has 0 aliphatic rings. The lowest BCUT2D eigenvalue weighted by Crippen LogP contribution is -2.28. The number of hydrogen-bond donors (Lipinski definition) is 2. The normalized spacial score (nSPS) is 10.3. The summed E-state index contributed by atoms with van der Waals surface area (Å²) in [4.78, 5) is 15.2. The third-order valence-corrected chi connectivity index (χ3v) is 1.84. The first-order valence-corrected chi connectivity index (χ1v) is 4.93. The quantitative estimate of drug-likeness (QED) is 0.673. The molecule has 1 heterocycles. The first kappa shape index (κ1) is 11.6. The molecule has 0 atom stereocenters. The van der Waals surface area contributed by atoms with Crippen molar-refractivity contribution in [3.05, 3.63) is 11.7 Å². The number of aromatic nitrogens is 2. The van der Waals surface area contributed by atoms with Crippen molar-refractivity contribution in [3.63, 3.8) is 0 Å². The predicted octanol–water partition coefficient (Wildman–Crippen LogP) is -0.354. The van der Waals surface area contributed by atoms with E-state index in [9.17, 15) is 4.79 Å². The third-order valence-electron chi connectivity index (χ3n) is 1.84. The van der Waals surface area contributed by atoms with Crippen molar-refractivity contribution in [3.8, 4) is 0 Å². The molecular weight excluding hydrogens is 196 g/mol. The summed E-state index contributed by atoms with van der Waals surface area (Å²) in [7, 11) is 1.81. The van der Waals surface area contributed by atoms with Crippen molar-refractivity contribution in [1.82, 2.24) is 20.8 Å². The Hall–Kier alpha value is -1.43. The molecule has 0 radical (unpaired) electrons. The number of hydrogen-bond acceptors (Lipinski definition) is 5. The molecule has 0 spiro atoms. The van der Waals surface area contributed by atoms with Gasteiger partial charge >= 0.3 is 0 Å². The highest BCUT2D eigenvalue weighted by Crippen LogP contribution is 1.94. The fraction of sp³-hybridized carbons (Fsp3) is 0.667. The van der Waals surface area contributed by atoms with Gasteiger partial charge in [-0.1, -0.05) is 5.16 Å². The van der Waals surface area contributed by atoms with Crippen LogP contribution in [-0.2, 0) is 11.2 Å². The topological polar surface area (TPSA) is 80.0 Å². The van der Waals surface area contributed by atoms with Crippen LogP contribution >= 0.6 is 0 Å². The van der Waals surface area contributed by atoms with E-state index in [0.717, 1.165) is 0 Å². The summed E-state index contributed by atoms with van der Waals surface area (Å²) in [5, 5.41) is 9.41. The predicted molar refractivity (Wildman–Crippen MR) is 54.3 cm³/mol. The average molecular weight is 212 g/mol. The molecule has 1 rings (SSSR count). The highest BCUT2D eigenvalue weighted by Gasteiger charge is 2.03. The minimum absolute atomic E-state index is 0.0320. The van der Waals surface area contributed by atoms with Gasteiger partial charge in [-0.2, -0.15) is 4.98 Å². The fourth-order valence-electron chi connectivity index (χ4n) is 1.08. The van der Waals surface area contributed by atoms with E-state index in [1.54, 1.807) is 6.92 Å². The lowest BCUT2D eigenvalue weighted by Gasteiger charge is -2.02. The van der Waals surface area contributed by atoms with Crippen LogP contribution in [0.1, 0.15) is 18.1 Å². The van der Waals surface area contributed by atoms with Gasteiger partial charge in [-0.3, -0.25) is 4.79 Å². The van der Waals surface area contributed by atoms with Gasteiger partial charge in [-0.15, -0.1) is 0 Å². The van der Waals surface area contributed by atoms with Gasteiger partial charge in [-0.05, 0) is 7.05 Å². The van der Waals surface area contributed by atoms with E-state index in [4.69, 9.17) is 4.52 Å². The van der Waals surface area contributed by atoms with E-state index in [-0.39, 0.29) is 5.91 Å². The third kappa shape index (κ3) is 4.55. The molecule has 0 aromatic carbocycles. The molecule has 1 amide bonds.